The predicted octanol–water partition coefficient (Wildman–Crippen LogP) is -1.35. The molecule has 0 bridgehead atoms. The van der Waals surface area contributed by atoms with E-state index in [1.165, 1.54) is 10.9 Å². The van der Waals surface area contributed by atoms with Crippen molar-refractivity contribution < 1.29 is 5.11 Å². The Morgan fingerprint density at radius 1 is 1.69 bits per heavy atom. The highest BCUT2D eigenvalue weighted by molar-refractivity contribution is 5.70. The Hall–Kier alpha value is -1.89. The van der Waals surface area contributed by atoms with Crippen molar-refractivity contribution in [3.63, 3.8) is 0 Å². The third-order valence-corrected chi connectivity index (χ3v) is 1.72. The molecule has 0 aliphatic rings. The molecule has 0 atom stereocenters. The molecule has 4 N–H and O–H groups in total. The number of hydrogen-bond acceptors (Lipinski definition) is 5. The summed E-state index contributed by atoms with van der Waals surface area (Å²) in [6.07, 6.45) is 1.35. The largest absolute Gasteiger partial charge is 0.376 e. The van der Waals surface area contributed by atoms with Crippen molar-refractivity contribution in [2.45, 2.75) is 6.73 Å². The summed E-state index contributed by atoms with van der Waals surface area (Å²) in [6, 6.07) is 0. The Balaban J connectivity index is 2.97. The molecule has 7 heteroatoms. The number of nitrogens with zero attached hydrogens (tertiary/aromatic N) is 3. The first kappa shape index (κ1) is 7.74. The van der Waals surface area contributed by atoms with Crippen LogP contribution < -0.4 is 11.3 Å². The smallest absolute Gasteiger partial charge is 0.300 e. The van der Waals surface area contributed by atoms with E-state index in [9.17, 15) is 4.79 Å². The molecular weight excluding hydrogens is 174 g/mol. The highest BCUT2D eigenvalue weighted by Gasteiger charge is 2.08. The van der Waals surface area contributed by atoms with Crippen molar-refractivity contribution in [3.05, 3.63) is 16.7 Å². The van der Waals surface area contributed by atoms with Gasteiger partial charge >= 0.3 is 5.56 Å². The number of H-pyrrole nitrogens is 1. The van der Waals surface area contributed by atoms with E-state index in [1.54, 1.807) is 0 Å². The minimum absolute atomic E-state index is 0.0490. The van der Waals surface area contributed by atoms with E-state index >= 15 is 0 Å². The number of rotatable bonds is 1. The van der Waals surface area contributed by atoms with Crippen molar-refractivity contribution in [3.8, 4) is 0 Å². The lowest BCUT2D eigenvalue weighted by Gasteiger charge is -2.04. The monoisotopic (exact) mass is 181 g/mol. The zero-order valence-electron chi connectivity index (χ0n) is 6.56. The van der Waals surface area contributed by atoms with Gasteiger partial charge in [-0.2, -0.15) is 4.98 Å². The van der Waals surface area contributed by atoms with Crippen molar-refractivity contribution in [2.75, 3.05) is 5.73 Å². The van der Waals surface area contributed by atoms with Gasteiger partial charge in [0, 0.05) is 0 Å². The van der Waals surface area contributed by atoms with Crippen molar-refractivity contribution >= 4 is 17.1 Å². The lowest BCUT2D eigenvalue weighted by Crippen LogP contribution is -2.18. The average molecular weight is 181 g/mol. The zero-order valence-corrected chi connectivity index (χ0v) is 6.56. The van der Waals surface area contributed by atoms with E-state index in [0.29, 0.717) is 5.65 Å². The molecule has 2 aromatic heterocycles. The predicted molar refractivity (Wildman–Crippen MR) is 44.8 cm³/mol. The highest BCUT2D eigenvalue weighted by atomic mass is 16.3. The average Bonchev–Trinajstić information content (AvgIpc) is 2.53. The molecule has 0 radical (unpaired) electrons. The molecule has 13 heavy (non-hydrogen) atoms. The van der Waals surface area contributed by atoms with Gasteiger partial charge in [-0.25, -0.2) is 4.98 Å². The van der Waals surface area contributed by atoms with Crippen LogP contribution in [0.4, 0.5) is 5.95 Å². The van der Waals surface area contributed by atoms with Gasteiger partial charge in [0.2, 0.25) is 5.95 Å². The molecule has 0 saturated carbocycles. The lowest BCUT2D eigenvalue weighted by atomic mass is 10.5. The van der Waals surface area contributed by atoms with Gasteiger partial charge < -0.3 is 15.8 Å². The Morgan fingerprint density at radius 2 is 2.46 bits per heavy atom. The molecule has 0 aliphatic heterocycles. The summed E-state index contributed by atoms with van der Waals surface area (Å²) in [5, 5.41) is 8.91. The molecule has 0 spiro atoms. The summed E-state index contributed by atoms with van der Waals surface area (Å²) in [5.41, 5.74) is 5.46. The van der Waals surface area contributed by atoms with Crippen LogP contribution in [0.2, 0.25) is 0 Å². The molecule has 68 valence electrons. The summed E-state index contributed by atoms with van der Waals surface area (Å²) >= 11 is 0. The fourth-order valence-corrected chi connectivity index (χ4v) is 1.12. The summed E-state index contributed by atoms with van der Waals surface area (Å²) in [7, 11) is 0. The van der Waals surface area contributed by atoms with Crippen LogP contribution in [0.3, 0.4) is 0 Å². The standard InChI is InChI=1S/C6H7N5O2/c7-6-10-5(13)3-4(9-1-8-3)11(6)2-12/h1,12H,2H2,(H,8,9)(H2,7,10,13). The number of imidazole rings is 1. The fourth-order valence-electron chi connectivity index (χ4n) is 1.12. The van der Waals surface area contributed by atoms with E-state index in [4.69, 9.17) is 10.8 Å². The second-order valence-corrected chi connectivity index (χ2v) is 2.45. The third kappa shape index (κ3) is 0.975. The molecule has 0 aromatic carbocycles. The summed E-state index contributed by atoms with van der Waals surface area (Å²) in [4.78, 5) is 21.1. The van der Waals surface area contributed by atoms with E-state index in [2.05, 4.69) is 15.0 Å². The maximum Gasteiger partial charge on any atom is 0.300 e. The number of nitrogens with one attached hydrogen (secondary N) is 1. The number of nitrogen functional groups attached to an aromatic ring is 1. The minimum atomic E-state index is -0.477. The second kappa shape index (κ2) is 2.56. The molecule has 0 fully saturated rings. The number of aromatic amines is 1. The molecule has 2 rings (SSSR count). The van der Waals surface area contributed by atoms with Crippen LogP contribution in [0.25, 0.3) is 11.2 Å². The van der Waals surface area contributed by atoms with Crippen LogP contribution >= 0.6 is 0 Å². The number of aromatic nitrogens is 4. The number of nitrogens with two attached hydrogens (primary N) is 1. The van der Waals surface area contributed by atoms with Crippen molar-refractivity contribution in [1.82, 2.24) is 19.5 Å². The Morgan fingerprint density at radius 3 is 3.15 bits per heavy atom. The molecule has 0 unspecified atom stereocenters. The zero-order chi connectivity index (χ0) is 9.42. The van der Waals surface area contributed by atoms with Gasteiger partial charge in [0.1, 0.15) is 6.73 Å². The molecule has 0 amide bonds. The van der Waals surface area contributed by atoms with Gasteiger partial charge in [-0.3, -0.25) is 9.36 Å². The van der Waals surface area contributed by atoms with Crippen molar-refractivity contribution in [2.24, 2.45) is 0 Å². The Labute approximate surface area is 71.9 Å². The van der Waals surface area contributed by atoms with Crippen LogP contribution in [0.1, 0.15) is 0 Å². The number of aliphatic hydroxyl groups is 1. The van der Waals surface area contributed by atoms with Gasteiger partial charge in [0.05, 0.1) is 6.33 Å². The van der Waals surface area contributed by atoms with E-state index in [0.717, 1.165) is 0 Å². The van der Waals surface area contributed by atoms with Crippen LogP contribution in [0, 0.1) is 0 Å². The first-order valence-corrected chi connectivity index (χ1v) is 3.54. The minimum Gasteiger partial charge on any atom is -0.376 e. The maximum atomic E-state index is 11.2. The van der Waals surface area contributed by atoms with E-state index in [-0.39, 0.29) is 18.2 Å². The van der Waals surface area contributed by atoms with Crippen LogP contribution in [0.5, 0.6) is 0 Å². The quantitative estimate of drug-likeness (QED) is 0.504. The summed E-state index contributed by atoms with van der Waals surface area (Å²) < 4.78 is 1.23. The highest BCUT2D eigenvalue weighted by Crippen LogP contribution is 2.06. The van der Waals surface area contributed by atoms with Crippen molar-refractivity contribution in [1.29, 1.82) is 0 Å². The van der Waals surface area contributed by atoms with Gasteiger partial charge in [0.15, 0.2) is 11.2 Å². The fraction of sp³-hybridized carbons (Fsp3) is 0.167. The first-order chi connectivity index (χ1) is 6.24. The Bertz CT molecular complexity index is 499. The van der Waals surface area contributed by atoms with E-state index < -0.39 is 5.56 Å². The van der Waals surface area contributed by atoms with Gasteiger partial charge in [0.25, 0.3) is 0 Å². The second-order valence-electron chi connectivity index (χ2n) is 2.45. The molecule has 0 saturated heterocycles. The van der Waals surface area contributed by atoms with Gasteiger partial charge in [-0.1, -0.05) is 0 Å². The number of hydrogen-bond donors (Lipinski definition) is 3. The Kier molecular flexibility index (Phi) is 1.52. The molecule has 0 aliphatic carbocycles. The number of aliphatic hydroxyl groups excluding tert-OH is 1. The summed E-state index contributed by atoms with van der Waals surface area (Å²) in [5.74, 6) is -0.0490. The maximum absolute atomic E-state index is 11.2. The topological polar surface area (TPSA) is 110 Å². The molecular formula is C6H7N5O2. The summed E-state index contributed by atoms with van der Waals surface area (Å²) in [6.45, 7) is -0.361. The first-order valence-electron chi connectivity index (χ1n) is 3.54. The van der Waals surface area contributed by atoms with Gasteiger partial charge in [-0.05, 0) is 0 Å². The molecule has 7 nitrogen and oxygen atoms in total. The van der Waals surface area contributed by atoms with Crippen LogP contribution in [-0.2, 0) is 6.73 Å². The van der Waals surface area contributed by atoms with Crippen LogP contribution in [0.15, 0.2) is 11.1 Å². The molecule has 2 heterocycles. The normalized spacial score (nSPS) is 10.8. The third-order valence-electron chi connectivity index (χ3n) is 1.72. The number of fused-ring (bicyclic) bond motifs is 1. The number of anilines is 1. The lowest BCUT2D eigenvalue weighted by molar-refractivity contribution is 0.215. The van der Waals surface area contributed by atoms with Gasteiger partial charge in [-0.15, -0.1) is 0 Å². The molecule has 2 aromatic rings. The van der Waals surface area contributed by atoms with E-state index in [1.807, 2.05) is 0 Å². The SMILES string of the molecule is Nc1nc(=O)c2[nH]cnc2n1CO. The van der Waals surface area contributed by atoms with Crippen LogP contribution in [-0.4, -0.2) is 24.6 Å².